The Morgan fingerprint density at radius 3 is 2.37 bits per heavy atom. The molecule has 2 aliphatic carbocycles. The topological polar surface area (TPSA) is 152 Å². The Labute approximate surface area is 242 Å². The number of fused-ring (bicyclic) bond motifs is 4. The van der Waals surface area contributed by atoms with Crippen molar-refractivity contribution in [3.05, 3.63) is 71.8 Å². The maximum absolute atomic E-state index is 14.0. The van der Waals surface area contributed by atoms with Crippen molar-refractivity contribution in [3.8, 4) is 17.2 Å². The minimum absolute atomic E-state index is 0.00201. The SMILES string of the molecule is CCCc1c(Br)c2c(c(=O)n1C)C(=O)c1c(ccc3c(OC)c(OC4=C(C=O)[C@@H](O)CC[C@@H]4O)c(C)c(O)c13)C2=O. The Morgan fingerprint density at radius 1 is 1.05 bits per heavy atom. The number of phenols is 1. The smallest absolute Gasteiger partial charge is 0.262 e. The number of aliphatic hydroxyl groups is 2. The van der Waals surface area contributed by atoms with Crippen LogP contribution in [0.5, 0.6) is 17.2 Å². The molecule has 0 aliphatic heterocycles. The van der Waals surface area contributed by atoms with Gasteiger partial charge in [0.25, 0.3) is 5.56 Å². The van der Waals surface area contributed by atoms with E-state index in [-0.39, 0.29) is 74.3 Å². The molecule has 3 aromatic rings. The third-order valence-electron chi connectivity index (χ3n) is 7.85. The molecule has 11 heteroatoms. The lowest BCUT2D eigenvalue weighted by molar-refractivity contribution is -0.106. The van der Waals surface area contributed by atoms with Crippen molar-refractivity contribution in [3.63, 3.8) is 0 Å². The third kappa shape index (κ3) is 4.13. The summed E-state index contributed by atoms with van der Waals surface area (Å²) >= 11 is 3.46. The fraction of sp³-hybridized carbons (Fsp3) is 0.333. The molecule has 0 saturated heterocycles. The number of pyridine rings is 1. The number of phenolic OH excluding ortho intramolecular Hbond substituents is 1. The summed E-state index contributed by atoms with van der Waals surface area (Å²) in [6.07, 6.45) is -0.378. The number of ether oxygens (including phenoxy) is 2. The molecule has 2 aliphatic rings. The van der Waals surface area contributed by atoms with E-state index in [2.05, 4.69) is 15.9 Å². The van der Waals surface area contributed by atoms with E-state index < -0.39 is 35.1 Å². The van der Waals surface area contributed by atoms with Crippen molar-refractivity contribution in [2.45, 2.75) is 51.7 Å². The van der Waals surface area contributed by atoms with Gasteiger partial charge in [0.15, 0.2) is 23.6 Å². The summed E-state index contributed by atoms with van der Waals surface area (Å²) in [7, 11) is 2.88. The quantitative estimate of drug-likeness (QED) is 0.274. The van der Waals surface area contributed by atoms with Crippen LogP contribution in [0, 0.1) is 6.92 Å². The Hall–Kier alpha value is -3.80. The van der Waals surface area contributed by atoms with Gasteiger partial charge in [-0.15, -0.1) is 0 Å². The predicted octanol–water partition coefficient (Wildman–Crippen LogP) is 3.40. The van der Waals surface area contributed by atoms with Crippen molar-refractivity contribution in [1.29, 1.82) is 0 Å². The Bertz CT molecular complexity index is 1770. The number of aldehydes is 1. The highest BCUT2D eigenvalue weighted by Crippen LogP contribution is 2.49. The van der Waals surface area contributed by atoms with Crippen LogP contribution in [0.25, 0.3) is 10.8 Å². The molecule has 0 radical (unpaired) electrons. The molecule has 1 heterocycles. The molecule has 10 nitrogen and oxygen atoms in total. The van der Waals surface area contributed by atoms with Crippen LogP contribution in [0.3, 0.4) is 0 Å². The second-order valence-corrected chi connectivity index (χ2v) is 11.0. The lowest BCUT2D eigenvalue weighted by Crippen LogP contribution is -2.35. The highest BCUT2D eigenvalue weighted by molar-refractivity contribution is 9.10. The van der Waals surface area contributed by atoms with Crippen LogP contribution in [0.1, 0.15) is 69.3 Å². The van der Waals surface area contributed by atoms with Gasteiger partial charge in [-0.05, 0) is 54.2 Å². The van der Waals surface area contributed by atoms with E-state index in [0.29, 0.717) is 29.3 Å². The number of hydrogen-bond donors (Lipinski definition) is 3. The van der Waals surface area contributed by atoms with E-state index in [1.807, 2.05) is 6.92 Å². The summed E-state index contributed by atoms with van der Waals surface area (Å²) in [5.41, 5.74) is -0.470. The Balaban J connectivity index is 1.79. The van der Waals surface area contributed by atoms with Gasteiger partial charge in [-0.25, -0.2) is 0 Å². The molecular formula is C30H28BrNO9. The van der Waals surface area contributed by atoms with E-state index in [1.54, 1.807) is 7.05 Å². The molecule has 0 spiro atoms. The summed E-state index contributed by atoms with van der Waals surface area (Å²) in [5.74, 6) is -1.82. The van der Waals surface area contributed by atoms with Crippen LogP contribution < -0.4 is 15.0 Å². The molecule has 0 bridgehead atoms. The fourth-order valence-electron chi connectivity index (χ4n) is 5.70. The molecule has 2 aromatic carbocycles. The first kappa shape index (κ1) is 28.7. The van der Waals surface area contributed by atoms with Crippen LogP contribution in [-0.4, -0.2) is 57.1 Å². The average molecular weight is 626 g/mol. The highest BCUT2D eigenvalue weighted by Gasteiger charge is 2.39. The van der Waals surface area contributed by atoms with Crippen molar-refractivity contribution in [1.82, 2.24) is 4.57 Å². The van der Waals surface area contributed by atoms with E-state index >= 15 is 0 Å². The van der Waals surface area contributed by atoms with E-state index in [1.165, 1.54) is 30.7 Å². The summed E-state index contributed by atoms with van der Waals surface area (Å²) in [6.45, 7) is 3.42. The van der Waals surface area contributed by atoms with Gasteiger partial charge in [0.2, 0.25) is 5.78 Å². The number of carbonyl (C=O) groups is 3. The molecule has 2 atom stereocenters. The van der Waals surface area contributed by atoms with Gasteiger partial charge in [-0.2, -0.15) is 0 Å². The van der Waals surface area contributed by atoms with E-state index in [0.717, 1.165) is 0 Å². The maximum atomic E-state index is 14.0. The van der Waals surface area contributed by atoms with Gasteiger partial charge in [0.05, 0.1) is 24.4 Å². The first-order valence-electron chi connectivity index (χ1n) is 13.1. The molecular weight excluding hydrogens is 598 g/mol. The van der Waals surface area contributed by atoms with Gasteiger partial charge in [-0.3, -0.25) is 19.2 Å². The minimum atomic E-state index is -1.19. The average Bonchev–Trinajstić information content (AvgIpc) is 2.95. The number of methoxy groups -OCH3 is 1. The third-order valence-corrected chi connectivity index (χ3v) is 8.70. The van der Waals surface area contributed by atoms with Crippen LogP contribution in [0.15, 0.2) is 32.7 Å². The molecule has 0 fully saturated rings. The number of aromatic hydroxyl groups is 1. The summed E-state index contributed by atoms with van der Waals surface area (Å²) in [4.78, 5) is 52.9. The first-order chi connectivity index (χ1) is 19.5. The number of aromatic nitrogens is 1. The van der Waals surface area contributed by atoms with Crippen molar-refractivity contribution in [2.24, 2.45) is 7.05 Å². The van der Waals surface area contributed by atoms with E-state index in [4.69, 9.17) is 9.47 Å². The lowest BCUT2D eigenvalue weighted by Gasteiger charge is -2.28. The summed E-state index contributed by atoms with van der Waals surface area (Å²) in [6, 6.07) is 2.93. The number of aliphatic hydroxyl groups excluding tert-OH is 2. The molecule has 1 aromatic heterocycles. The van der Waals surface area contributed by atoms with Gasteiger partial charge < -0.3 is 29.4 Å². The molecule has 0 saturated carbocycles. The minimum Gasteiger partial charge on any atom is -0.507 e. The molecule has 214 valence electrons. The van der Waals surface area contributed by atoms with Crippen LogP contribution in [0.4, 0.5) is 0 Å². The molecule has 3 N–H and O–H groups in total. The number of rotatable bonds is 6. The summed E-state index contributed by atoms with van der Waals surface area (Å²) in [5, 5.41) is 32.5. The number of benzene rings is 2. The van der Waals surface area contributed by atoms with E-state index in [9.17, 15) is 34.5 Å². The zero-order valence-corrected chi connectivity index (χ0v) is 24.4. The second kappa shape index (κ2) is 10.6. The number of ketones is 2. The fourth-order valence-corrected chi connectivity index (χ4v) is 6.55. The number of carbonyl (C=O) groups excluding carboxylic acids is 3. The normalized spacial score (nSPS) is 18.4. The van der Waals surface area contributed by atoms with Crippen LogP contribution in [-0.2, 0) is 18.3 Å². The van der Waals surface area contributed by atoms with Gasteiger partial charge in [-0.1, -0.05) is 13.3 Å². The Kier molecular flexibility index (Phi) is 7.39. The van der Waals surface area contributed by atoms with Crippen LogP contribution >= 0.6 is 15.9 Å². The molecule has 0 unspecified atom stereocenters. The van der Waals surface area contributed by atoms with Crippen molar-refractivity contribution < 1.29 is 39.2 Å². The molecule has 0 amide bonds. The van der Waals surface area contributed by atoms with Crippen LogP contribution in [0.2, 0.25) is 0 Å². The predicted molar refractivity (Wildman–Crippen MR) is 152 cm³/mol. The standard InChI is InChI=1S/C30H28BrNO9/c1-5-6-16-23(31)21-22(30(39)32(16)3)26(38)19-13(25(21)37)7-8-14-20(19)24(36)12(2)27(29(14)40-4)41-28-15(11-33)17(34)9-10-18(28)35/h7-8,11,17-18,34-36H,5-6,9-10H2,1-4H3/t17-,18-/m0/s1. The summed E-state index contributed by atoms with van der Waals surface area (Å²) < 4.78 is 13.3. The second-order valence-electron chi connectivity index (χ2n) is 10.2. The van der Waals surface area contributed by atoms with Gasteiger partial charge >= 0.3 is 0 Å². The maximum Gasteiger partial charge on any atom is 0.262 e. The molecule has 41 heavy (non-hydrogen) atoms. The van der Waals surface area contributed by atoms with Gasteiger partial charge in [0.1, 0.15) is 23.2 Å². The monoisotopic (exact) mass is 625 g/mol. The zero-order chi connectivity index (χ0) is 29.9. The lowest BCUT2D eigenvalue weighted by atomic mass is 9.81. The highest BCUT2D eigenvalue weighted by atomic mass is 79.9. The Morgan fingerprint density at radius 2 is 1.73 bits per heavy atom. The number of nitrogens with zero attached hydrogens (tertiary/aromatic N) is 1. The van der Waals surface area contributed by atoms with Crippen molar-refractivity contribution in [2.75, 3.05) is 7.11 Å². The first-order valence-corrected chi connectivity index (χ1v) is 13.9. The zero-order valence-electron chi connectivity index (χ0n) is 22.8. The van der Waals surface area contributed by atoms with Crippen molar-refractivity contribution >= 4 is 44.6 Å². The largest absolute Gasteiger partial charge is 0.507 e. The number of halogens is 1. The molecule has 5 rings (SSSR count). The number of hydrogen-bond acceptors (Lipinski definition) is 9. The van der Waals surface area contributed by atoms with Gasteiger partial charge in [0, 0.05) is 44.7 Å².